The average Bonchev–Trinajstić information content (AvgIpc) is 2.58. The van der Waals surface area contributed by atoms with Gasteiger partial charge in [-0.1, -0.05) is 12.1 Å². The molecule has 0 N–H and O–H groups in total. The van der Waals surface area contributed by atoms with Gasteiger partial charge in [0.25, 0.3) is 0 Å². The number of rotatable bonds is 6. The molecule has 0 saturated carbocycles. The number of nitrogens with zero attached hydrogens (tertiary/aromatic N) is 2. The normalized spacial score (nSPS) is 21.9. The number of hydrogen-bond donors (Lipinski definition) is 0. The second kappa shape index (κ2) is 8.06. The smallest absolute Gasteiger partial charge is 0.225 e. The number of ether oxygens (including phenoxy) is 3. The quantitative estimate of drug-likeness (QED) is 0.784. The van der Waals surface area contributed by atoms with Gasteiger partial charge in [0.1, 0.15) is 6.10 Å². The van der Waals surface area contributed by atoms with Crippen molar-refractivity contribution < 1.29 is 19.0 Å². The third-order valence-corrected chi connectivity index (χ3v) is 4.87. The van der Waals surface area contributed by atoms with E-state index >= 15 is 0 Å². The fourth-order valence-corrected chi connectivity index (χ4v) is 3.27. The summed E-state index contributed by atoms with van der Waals surface area (Å²) in [5.74, 6) is 1.59. The Balaban J connectivity index is 1.44. The van der Waals surface area contributed by atoms with Gasteiger partial charge in [-0.15, -0.1) is 0 Å². The van der Waals surface area contributed by atoms with Crippen molar-refractivity contribution in [2.75, 3.05) is 39.9 Å². The van der Waals surface area contributed by atoms with Crippen LogP contribution in [0, 0.1) is 0 Å². The van der Waals surface area contributed by atoms with E-state index in [0.717, 1.165) is 24.6 Å². The number of likely N-dealkylation sites (tertiary alicyclic amines) is 1. The number of benzene rings is 1. The van der Waals surface area contributed by atoms with Gasteiger partial charge in [0.15, 0.2) is 11.5 Å². The van der Waals surface area contributed by atoms with Crippen LogP contribution in [0.3, 0.4) is 0 Å². The van der Waals surface area contributed by atoms with Gasteiger partial charge in [0, 0.05) is 19.1 Å². The van der Waals surface area contributed by atoms with Crippen molar-refractivity contribution in [2.45, 2.75) is 38.5 Å². The molecule has 2 aliphatic rings. The number of methoxy groups -OCH3 is 1. The largest absolute Gasteiger partial charge is 0.493 e. The Morgan fingerprint density at radius 2 is 1.96 bits per heavy atom. The number of carbonyl (C=O) groups excluding carboxylic acids is 1. The van der Waals surface area contributed by atoms with Crippen LogP contribution < -0.4 is 9.47 Å². The van der Waals surface area contributed by atoms with Crippen molar-refractivity contribution in [3.63, 3.8) is 0 Å². The Morgan fingerprint density at radius 3 is 2.64 bits per heavy atom. The van der Waals surface area contributed by atoms with Gasteiger partial charge >= 0.3 is 0 Å². The van der Waals surface area contributed by atoms with E-state index in [1.807, 2.05) is 29.2 Å². The first-order valence-electron chi connectivity index (χ1n) is 9.00. The van der Waals surface area contributed by atoms with Gasteiger partial charge in [-0.25, -0.2) is 0 Å². The zero-order valence-corrected chi connectivity index (χ0v) is 15.3. The lowest BCUT2D eigenvalue weighted by Crippen LogP contribution is -2.57. The molecule has 1 aromatic carbocycles. The van der Waals surface area contributed by atoms with Crippen molar-refractivity contribution in [2.24, 2.45) is 0 Å². The van der Waals surface area contributed by atoms with E-state index in [2.05, 4.69) is 18.7 Å². The summed E-state index contributed by atoms with van der Waals surface area (Å²) in [4.78, 5) is 16.6. The van der Waals surface area contributed by atoms with Crippen molar-refractivity contribution in [3.05, 3.63) is 24.3 Å². The summed E-state index contributed by atoms with van der Waals surface area (Å²) in [7, 11) is 1.63. The summed E-state index contributed by atoms with van der Waals surface area (Å²) in [6.45, 7) is 8.09. The maximum absolute atomic E-state index is 12.4. The van der Waals surface area contributed by atoms with Crippen molar-refractivity contribution in [1.29, 1.82) is 0 Å². The SMILES string of the molecule is COc1ccccc1OC1CN(C(=O)C[C@@H]2CN(C(C)C)CCO2)C1. The van der Waals surface area contributed by atoms with Crippen LogP contribution in [0.2, 0.25) is 0 Å². The first-order chi connectivity index (χ1) is 12.1. The number of amides is 1. The summed E-state index contributed by atoms with van der Waals surface area (Å²) < 4.78 is 17.0. The molecule has 2 fully saturated rings. The Kier molecular flexibility index (Phi) is 5.81. The zero-order chi connectivity index (χ0) is 17.8. The van der Waals surface area contributed by atoms with Gasteiger partial charge in [-0.3, -0.25) is 9.69 Å². The summed E-state index contributed by atoms with van der Waals surface area (Å²) in [5.41, 5.74) is 0. The number of carbonyl (C=O) groups is 1. The third-order valence-electron chi connectivity index (χ3n) is 4.87. The summed E-state index contributed by atoms with van der Waals surface area (Å²) in [5, 5.41) is 0. The Morgan fingerprint density at radius 1 is 1.24 bits per heavy atom. The minimum Gasteiger partial charge on any atom is -0.493 e. The summed E-state index contributed by atoms with van der Waals surface area (Å²) in [6.07, 6.45) is 0.474. The topological polar surface area (TPSA) is 51.2 Å². The lowest BCUT2D eigenvalue weighted by atomic mass is 10.1. The van der Waals surface area contributed by atoms with Crippen molar-refractivity contribution in [3.8, 4) is 11.5 Å². The molecular weight excluding hydrogens is 320 g/mol. The van der Waals surface area contributed by atoms with Gasteiger partial charge in [0.2, 0.25) is 5.91 Å². The van der Waals surface area contributed by atoms with E-state index in [9.17, 15) is 4.79 Å². The summed E-state index contributed by atoms with van der Waals surface area (Å²) >= 11 is 0. The molecule has 1 amide bonds. The van der Waals surface area contributed by atoms with Crippen LogP contribution in [0.15, 0.2) is 24.3 Å². The third kappa shape index (κ3) is 4.44. The van der Waals surface area contributed by atoms with E-state index in [1.165, 1.54) is 0 Å². The highest BCUT2D eigenvalue weighted by molar-refractivity contribution is 5.77. The predicted octanol–water partition coefficient (Wildman–Crippen LogP) is 1.78. The highest BCUT2D eigenvalue weighted by Gasteiger charge is 2.34. The minimum absolute atomic E-state index is 0.00200. The standard InChI is InChI=1S/C19H28N2O4/c1-14(2)20-8-9-24-15(11-20)10-19(22)21-12-16(13-21)25-18-7-5-4-6-17(18)23-3/h4-7,14-16H,8-13H2,1-3H3/t15-/m1/s1. The van der Waals surface area contributed by atoms with E-state index in [4.69, 9.17) is 14.2 Å². The minimum atomic E-state index is -0.00200. The monoisotopic (exact) mass is 348 g/mol. The molecule has 138 valence electrons. The van der Waals surface area contributed by atoms with Crippen LogP contribution in [0.4, 0.5) is 0 Å². The Bertz CT molecular complexity index is 587. The maximum Gasteiger partial charge on any atom is 0.225 e. The molecule has 2 heterocycles. The fourth-order valence-electron chi connectivity index (χ4n) is 3.27. The molecule has 2 saturated heterocycles. The van der Waals surface area contributed by atoms with Crippen LogP contribution in [-0.4, -0.2) is 73.9 Å². The molecule has 6 nitrogen and oxygen atoms in total. The molecule has 3 rings (SSSR count). The van der Waals surface area contributed by atoms with Crippen LogP contribution in [0.1, 0.15) is 20.3 Å². The van der Waals surface area contributed by atoms with Gasteiger partial charge in [-0.2, -0.15) is 0 Å². The first-order valence-corrected chi connectivity index (χ1v) is 9.00. The predicted molar refractivity (Wildman–Crippen MR) is 95.1 cm³/mol. The van der Waals surface area contributed by atoms with Gasteiger partial charge in [0.05, 0.1) is 39.3 Å². The number of hydrogen-bond acceptors (Lipinski definition) is 5. The van der Waals surface area contributed by atoms with Crippen LogP contribution in [0.25, 0.3) is 0 Å². The highest BCUT2D eigenvalue weighted by Crippen LogP contribution is 2.29. The zero-order valence-electron chi connectivity index (χ0n) is 15.3. The molecule has 0 spiro atoms. The lowest BCUT2D eigenvalue weighted by molar-refractivity contribution is -0.145. The molecule has 25 heavy (non-hydrogen) atoms. The van der Waals surface area contributed by atoms with Crippen molar-refractivity contribution >= 4 is 5.91 Å². The Labute approximate surface area is 149 Å². The van der Waals surface area contributed by atoms with E-state index in [0.29, 0.717) is 32.2 Å². The van der Waals surface area contributed by atoms with Crippen LogP contribution in [0.5, 0.6) is 11.5 Å². The second-order valence-corrected chi connectivity index (χ2v) is 6.98. The van der Waals surface area contributed by atoms with E-state index < -0.39 is 0 Å². The molecule has 6 heteroatoms. The Hall–Kier alpha value is -1.79. The molecule has 0 radical (unpaired) electrons. The van der Waals surface area contributed by atoms with E-state index in [-0.39, 0.29) is 18.1 Å². The molecule has 0 unspecified atom stereocenters. The van der Waals surface area contributed by atoms with E-state index in [1.54, 1.807) is 7.11 Å². The molecule has 0 aromatic heterocycles. The van der Waals surface area contributed by atoms with Crippen LogP contribution in [-0.2, 0) is 9.53 Å². The molecular formula is C19H28N2O4. The lowest BCUT2D eigenvalue weighted by Gasteiger charge is -2.41. The molecule has 2 aliphatic heterocycles. The molecule has 1 atom stereocenters. The van der Waals surface area contributed by atoms with Crippen molar-refractivity contribution in [1.82, 2.24) is 9.80 Å². The molecule has 0 aliphatic carbocycles. The maximum atomic E-state index is 12.4. The number of para-hydroxylation sites is 2. The number of morpholine rings is 1. The van der Waals surface area contributed by atoms with Gasteiger partial charge < -0.3 is 19.1 Å². The highest BCUT2D eigenvalue weighted by atomic mass is 16.5. The van der Waals surface area contributed by atoms with Crippen LogP contribution >= 0.6 is 0 Å². The fraction of sp³-hybridized carbons (Fsp3) is 0.632. The van der Waals surface area contributed by atoms with Gasteiger partial charge in [-0.05, 0) is 26.0 Å². The first kappa shape index (κ1) is 18.0. The second-order valence-electron chi connectivity index (χ2n) is 6.98. The summed E-state index contributed by atoms with van der Waals surface area (Å²) in [6, 6.07) is 8.08. The average molecular weight is 348 g/mol. The molecule has 1 aromatic rings. The molecule has 0 bridgehead atoms.